The Kier molecular flexibility index (Phi) is 2.87. The Labute approximate surface area is 89.8 Å². The zero-order valence-corrected chi connectivity index (χ0v) is 8.96. The van der Waals surface area contributed by atoms with Crippen molar-refractivity contribution in [3.63, 3.8) is 0 Å². The Hall–Kier alpha value is -1.15. The average Bonchev–Trinajstić information content (AvgIpc) is 2.22. The van der Waals surface area contributed by atoms with Crippen LogP contribution in [0.2, 0.25) is 0 Å². The predicted molar refractivity (Wildman–Crippen MR) is 60.9 cm³/mol. The van der Waals surface area contributed by atoms with Crippen LogP contribution in [0, 0.1) is 12.7 Å². The van der Waals surface area contributed by atoms with Crippen LogP contribution in [0.5, 0.6) is 0 Å². The molecule has 1 aliphatic carbocycles. The van der Waals surface area contributed by atoms with Gasteiger partial charge in [-0.1, -0.05) is 12.1 Å². The van der Waals surface area contributed by atoms with Gasteiger partial charge in [0.25, 0.3) is 0 Å². The van der Waals surface area contributed by atoms with E-state index in [-0.39, 0.29) is 11.9 Å². The minimum absolute atomic E-state index is 0.136. The first-order valence-corrected chi connectivity index (χ1v) is 5.39. The largest absolute Gasteiger partial charge is 0.324 e. The van der Waals surface area contributed by atoms with E-state index in [2.05, 4.69) is 6.08 Å². The molecule has 15 heavy (non-hydrogen) atoms. The van der Waals surface area contributed by atoms with Crippen molar-refractivity contribution in [3.8, 4) is 0 Å². The van der Waals surface area contributed by atoms with Gasteiger partial charge in [-0.15, -0.1) is 0 Å². The van der Waals surface area contributed by atoms with Crippen molar-refractivity contribution in [1.82, 2.24) is 0 Å². The Balaban J connectivity index is 2.40. The van der Waals surface area contributed by atoms with Crippen molar-refractivity contribution in [3.05, 3.63) is 41.2 Å². The number of nitrogens with two attached hydrogens (primary N) is 1. The van der Waals surface area contributed by atoms with E-state index in [4.69, 9.17) is 5.73 Å². The van der Waals surface area contributed by atoms with Crippen LogP contribution in [-0.2, 0) is 0 Å². The number of aryl methyl sites for hydroxylation is 1. The quantitative estimate of drug-likeness (QED) is 0.749. The van der Waals surface area contributed by atoms with Crippen LogP contribution in [0.15, 0.2) is 24.3 Å². The number of rotatable bonds is 1. The lowest BCUT2D eigenvalue weighted by Crippen LogP contribution is -2.20. The summed E-state index contributed by atoms with van der Waals surface area (Å²) in [6.07, 6.45) is 5.23. The molecule has 0 saturated carbocycles. The maximum atomic E-state index is 13.1. The van der Waals surface area contributed by atoms with E-state index in [1.165, 1.54) is 11.6 Å². The molecule has 0 spiro atoms. The predicted octanol–water partition coefficient (Wildman–Crippen LogP) is 3.03. The third-order valence-electron chi connectivity index (χ3n) is 2.94. The summed E-state index contributed by atoms with van der Waals surface area (Å²) in [5.41, 5.74) is 9.22. The number of hydrogen-bond acceptors (Lipinski definition) is 1. The molecule has 80 valence electrons. The molecule has 0 aromatic heterocycles. The van der Waals surface area contributed by atoms with E-state index in [1.54, 1.807) is 6.07 Å². The molecular weight excluding hydrogens is 189 g/mol. The highest BCUT2D eigenvalue weighted by atomic mass is 19.1. The van der Waals surface area contributed by atoms with Crippen molar-refractivity contribution < 1.29 is 4.39 Å². The topological polar surface area (TPSA) is 26.0 Å². The third-order valence-corrected chi connectivity index (χ3v) is 2.94. The first-order chi connectivity index (χ1) is 7.16. The van der Waals surface area contributed by atoms with E-state index in [9.17, 15) is 4.39 Å². The molecule has 2 N–H and O–H groups in total. The molecule has 0 saturated heterocycles. The van der Waals surface area contributed by atoms with Gasteiger partial charge < -0.3 is 5.73 Å². The molecule has 0 radical (unpaired) electrons. The number of halogens is 1. The van der Waals surface area contributed by atoms with Gasteiger partial charge in [0, 0.05) is 6.04 Å². The average molecular weight is 205 g/mol. The second kappa shape index (κ2) is 4.15. The van der Waals surface area contributed by atoms with Gasteiger partial charge in [-0.2, -0.15) is 0 Å². The summed E-state index contributed by atoms with van der Waals surface area (Å²) in [7, 11) is 0. The van der Waals surface area contributed by atoms with Crippen LogP contribution >= 0.6 is 0 Å². The highest BCUT2D eigenvalue weighted by Gasteiger charge is 2.13. The zero-order valence-electron chi connectivity index (χ0n) is 8.96. The molecular formula is C13H16FN. The molecule has 0 amide bonds. The van der Waals surface area contributed by atoms with E-state index < -0.39 is 0 Å². The molecule has 0 bridgehead atoms. The van der Waals surface area contributed by atoms with Crippen molar-refractivity contribution in [2.24, 2.45) is 5.73 Å². The van der Waals surface area contributed by atoms with Gasteiger partial charge >= 0.3 is 0 Å². The fourth-order valence-electron chi connectivity index (χ4n) is 2.12. The summed E-state index contributed by atoms with van der Waals surface area (Å²) >= 11 is 0. The zero-order chi connectivity index (χ0) is 10.8. The van der Waals surface area contributed by atoms with Crippen molar-refractivity contribution in [2.75, 3.05) is 0 Å². The Bertz CT molecular complexity index is 396. The molecule has 0 heterocycles. The molecule has 1 aromatic carbocycles. The number of benzene rings is 1. The monoisotopic (exact) mass is 205 g/mol. The van der Waals surface area contributed by atoms with Crippen LogP contribution in [0.4, 0.5) is 4.39 Å². The molecule has 2 heteroatoms. The smallest absolute Gasteiger partial charge is 0.123 e. The van der Waals surface area contributed by atoms with E-state index in [0.29, 0.717) is 0 Å². The fourth-order valence-corrected chi connectivity index (χ4v) is 2.12. The van der Waals surface area contributed by atoms with Crippen molar-refractivity contribution in [2.45, 2.75) is 32.2 Å². The summed E-state index contributed by atoms with van der Waals surface area (Å²) in [5.74, 6) is -0.171. The molecule has 2 rings (SSSR count). The van der Waals surface area contributed by atoms with E-state index in [1.807, 2.05) is 13.0 Å². The summed E-state index contributed by atoms with van der Waals surface area (Å²) in [5, 5.41) is 0. The van der Waals surface area contributed by atoms with Gasteiger partial charge in [-0.25, -0.2) is 4.39 Å². The van der Waals surface area contributed by atoms with Crippen LogP contribution in [-0.4, -0.2) is 6.04 Å². The summed E-state index contributed by atoms with van der Waals surface area (Å²) in [6.45, 7) is 2.01. The number of allylic oxidation sites excluding steroid dienone is 1. The lowest BCUT2D eigenvalue weighted by molar-refractivity contribution is 0.625. The van der Waals surface area contributed by atoms with Crippen LogP contribution in [0.25, 0.3) is 5.57 Å². The van der Waals surface area contributed by atoms with Gasteiger partial charge in [0.1, 0.15) is 5.82 Å². The summed E-state index contributed by atoms with van der Waals surface area (Å²) in [4.78, 5) is 0. The van der Waals surface area contributed by atoms with E-state index in [0.717, 1.165) is 30.4 Å². The lowest BCUT2D eigenvalue weighted by atomic mass is 9.89. The van der Waals surface area contributed by atoms with Crippen LogP contribution < -0.4 is 5.73 Å². The first-order valence-electron chi connectivity index (χ1n) is 5.39. The van der Waals surface area contributed by atoms with E-state index >= 15 is 0 Å². The van der Waals surface area contributed by atoms with Crippen LogP contribution in [0.1, 0.15) is 30.4 Å². The Morgan fingerprint density at radius 3 is 2.93 bits per heavy atom. The molecule has 1 unspecified atom stereocenters. The molecule has 0 fully saturated rings. The lowest BCUT2D eigenvalue weighted by Gasteiger charge is -2.19. The maximum absolute atomic E-state index is 13.1. The highest BCUT2D eigenvalue weighted by molar-refractivity contribution is 5.69. The SMILES string of the molecule is Cc1ccc(F)cc1C1=CC(N)CCC1. The molecule has 0 aliphatic heterocycles. The second-order valence-electron chi connectivity index (χ2n) is 4.21. The minimum Gasteiger partial charge on any atom is -0.324 e. The summed E-state index contributed by atoms with van der Waals surface area (Å²) in [6, 6.07) is 5.07. The standard InChI is InChI=1S/C13H16FN/c1-9-5-6-11(14)8-13(9)10-3-2-4-12(15)7-10/h5-8,12H,2-4,15H2,1H3. The van der Waals surface area contributed by atoms with Crippen molar-refractivity contribution in [1.29, 1.82) is 0 Å². The third kappa shape index (κ3) is 2.26. The summed E-state index contributed by atoms with van der Waals surface area (Å²) < 4.78 is 13.1. The Morgan fingerprint density at radius 2 is 2.20 bits per heavy atom. The first kappa shape index (κ1) is 10.4. The van der Waals surface area contributed by atoms with Gasteiger partial charge in [0.15, 0.2) is 0 Å². The molecule has 1 aliphatic rings. The van der Waals surface area contributed by atoms with Gasteiger partial charge in [0.05, 0.1) is 0 Å². The minimum atomic E-state index is -0.171. The molecule has 1 aromatic rings. The molecule has 1 nitrogen and oxygen atoms in total. The number of hydrogen-bond donors (Lipinski definition) is 1. The van der Waals surface area contributed by atoms with Crippen LogP contribution in [0.3, 0.4) is 0 Å². The van der Waals surface area contributed by atoms with Gasteiger partial charge in [-0.05, 0) is 55.0 Å². The highest BCUT2D eigenvalue weighted by Crippen LogP contribution is 2.28. The van der Waals surface area contributed by atoms with Gasteiger partial charge in [0.2, 0.25) is 0 Å². The van der Waals surface area contributed by atoms with Gasteiger partial charge in [-0.3, -0.25) is 0 Å². The molecule has 1 atom stereocenters. The fraction of sp³-hybridized carbons (Fsp3) is 0.385. The van der Waals surface area contributed by atoms with Crippen molar-refractivity contribution >= 4 is 5.57 Å². The normalized spacial score (nSPS) is 21.3. The Morgan fingerprint density at radius 1 is 1.40 bits per heavy atom. The second-order valence-corrected chi connectivity index (χ2v) is 4.21. The maximum Gasteiger partial charge on any atom is 0.123 e.